The first-order valence-electron chi connectivity index (χ1n) is 9.63. The molecule has 9 heteroatoms. The van der Waals surface area contributed by atoms with Crippen LogP contribution in [-0.2, 0) is 4.79 Å². The van der Waals surface area contributed by atoms with Gasteiger partial charge in [0.25, 0.3) is 0 Å². The largest absolute Gasteiger partial charge is 0.549 e. The van der Waals surface area contributed by atoms with E-state index in [4.69, 9.17) is 0 Å². The molecule has 0 bridgehead atoms. The number of aromatic nitrogens is 5. The van der Waals surface area contributed by atoms with Gasteiger partial charge in [-0.05, 0) is 25.0 Å². The van der Waals surface area contributed by atoms with E-state index in [9.17, 15) is 9.90 Å². The van der Waals surface area contributed by atoms with Gasteiger partial charge in [0.05, 0.1) is 24.1 Å². The minimum Gasteiger partial charge on any atom is -0.549 e. The van der Waals surface area contributed by atoms with Crippen LogP contribution in [0.2, 0.25) is 0 Å². The van der Waals surface area contributed by atoms with Gasteiger partial charge in [0, 0.05) is 23.4 Å². The summed E-state index contributed by atoms with van der Waals surface area (Å²) >= 11 is 1.07. The molecule has 0 saturated heterocycles. The summed E-state index contributed by atoms with van der Waals surface area (Å²) in [5.41, 5.74) is 1.79. The standard InChI is InChI=1S/C20H22N6O2S/c27-18(28)14-29-20-24-23-19(16-7-3-1-4-8-16)26(20)22-12-15-11-21-25(13-15)17-9-5-2-6-10-17/h2,5-6,9-13,16H,1,3-4,7-8,14H2,(H,27,28)/p-1/b22-12-. The number of carboxylic acid groups (broad SMARTS) is 1. The van der Waals surface area contributed by atoms with E-state index in [0.29, 0.717) is 5.16 Å². The number of benzene rings is 1. The maximum absolute atomic E-state index is 10.9. The van der Waals surface area contributed by atoms with Gasteiger partial charge in [0.2, 0.25) is 5.16 Å². The number of carboxylic acids is 1. The van der Waals surface area contributed by atoms with E-state index in [0.717, 1.165) is 54.5 Å². The third-order valence-electron chi connectivity index (χ3n) is 4.87. The lowest BCUT2D eigenvalue weighted by Crippen LogP contribution is -2.24. The lowest BCUT2D eigenvalue weighted by molar-refractivity contribution is -0.301. The van der Waals surface area contributed by atoms with Crippen LogP contribution in [0.1, 0.15) is 49.4 Å². The molecule has 3 aromatic rings. The number of hydrogen-bond donors (Lipinski definition) is 0. The summed E-state index contributed by atoms with van der Waals surface area (Å²) in [6.45, 7) is 0. The van der Waals surface area contributed by atoms with Crippen molar-refractivity contribution in [1.82, 2.24) is 24.7 Å². The first kappa shape index (κ1) is 19.4. The lowest BCUT2D eigenvalue weighted by Gasteiger charge is -2.20. The third-order valence-corrected chi connectivity index (χ3v) is 5.76. The molecule has 1 saturated carbocycles. The topological polar surface area (TPSA) is 101 Å². The smallest absolute Gasteiger partial charge is 0.212 e. The van der Waals surface area contributed by atoms with Crippen molar-refractivity contribution in [3.05, 3.63) is 54.1 Å². The predicted octanol–water partition coefficient (Wildman–Crippen LogP) is 2.24. The molecule has 0 aliphatic heterocycles. The second kappa shape index (κ2) is 9.04. The van der Waals surface area contributed by atoms with Gasteiger partial charge in [0.15, 0.2) is 5.82 Å². The van der Waals surface area contributed by atoms with Crippen molar-refractivity contribution in [2.45, 2.75) is 43.2 Å². The highest BCUT2D eigenvalue weighted by Crippen LogP contribution is 2.33. The average Bonchev–Trinajstić information content (AvgIpc) is 3.39. The molecule has 150 valence electrons. The van der Waals surface area contributed by atoms with Gasteiger partial charge in [0.1, 0.15) is 0 Å². The summed E-state index contributed by atoms with van der Waals surface area (Å²) in [6.07, 6.45) is 11.0. The Balaban J connectivity index is 1.59. The molecule has 8 nitrogen and oxygen atoms in total. The lowest BCUT2D eigenvalue weighted by atomic mass is 9.89. The van der Waals surface area contributed by atoms with Crippen LogP contribution in [0.15, 0.2) is 53.0 Å². The van der Waals surface area contributed by atoms with Gasteiger partial charge in [-0.15, -0.1) is 10.2 Å². The van der Waals surface area contributed by atoms with Crippen molar-refractivity contribution in [3.63, 3.8) is 0 Å². The molecule has 1 aliphatic carbocycles. The van der Waals surface area contributed by atoms with Gasteiger partial charge >= 0.3 is 0 Å². The average molecular weight is 409 g/mol. The van der Waals surface area contributed by atoms with Crippen molar-refractivity contribution in [1.29, 1.82) is 0 Å². The molecule has 4 rings (SSSR count). The summed E-state index contributed by atoms with van der Waals surface area (Å²) in [5, 5.41) is 28.8. The Bertz CT molecular complexity index is 992. The summed E-state index contributed by atoms with van der Waals surface area (Å²) in [7, 11) is 0. The Morgan fingerprint density at radius 1 is 1.21 bits per heavy atom. The number of rotatable bonds is 7. The molecule has 29 heavy (non-hydrogen) atoms. The number of carbonyl (C=O) groups excluding carboxylic acids is 1. The van der Waals surface area contributed by atoms with E-state index < -0.39 is 5.97 Å². The van der Waals surface area contributed by atoms with Crippen LogP contribution in [0.4, 0.5) is 0 Å². The number of thioether (sulfide) groups is 1. The van der Waals surface area contributed by atoms with Crippen molar-refractivity contribution in [3.8, 4) is 5.69 Å². The van der Waals surface area contributed by atoms with Gasteiger partial charge < -0.3 is 9.90 Å². The van der Waals surface area contributed by atoms with E-state index in [2.05, 4.69) is 20.4 Å². The Labute approximate surface area is 172 Å². The van der Waals surface area contributed by atoms with Crippen molar-refractivity contribution < 1.29 is 9.90 Å². The fraction of sp³-hybridized carbons (Fsp3) is 0.350. The Morgan fingerprint density at radius 2 is 2.00 bits per heavy atom. The Kier molecular flexibility index (Phi) is 6.04. The third kappa shape index (κ3) is 4.73. The van der Waals surface area contributed by atoms with Crippen LogP contribution in [0.25, 0.3) is 5.69 Å². The molecule has 1 aliphatic rings. The normalized spacial score (nSPS) is 15.2. The molecule has 0 N–H and O–H groups in total. The van der Waals surface area contributed by atoms with Crippen molar-refractivity contribution in [2.24, 2.45) is 5.10 Å². The predicted molar refractivity (Wildman–Crippen MR) is 108 cm³/mol. The molecule has 0 unspecified atom stereocenters. The van der Waals surface area contributed by atoms with Crippen LogP contribution in [0, 0.1) is 0 Å². The first-order valence-corrected chi connectivity index (χ1v) is 10.6. The van der Waals surface area contributed by atoms with Crippen LogP contribution < -0.4 is 5.11 Å². The van der Waals surface area contributed by atoms with E-state index in [-0.39, 0.29) is 11.7 Å². The van der Waals surface area contributed by atoms with Gasteiger partial charge in [-0.25, -0.2) is 4.68 Å². The van der Waals surface area contributed by atoms with Crippen LogP contribution in [0.3, 0.4) is 0 Å². The van der Waals surface area contributed by atoms with Crippen LogP contribution in [-0.4, -0.2) is 42.6 Å². The summed E-state index contributed by atoms with van der Waals surface area (Å²) in [4.78, 5) is 10.9. The second-order valence-corrected chi connectivity index (χ2v) is 7.89. The molecular weight excluding hydrogens is 388 g/mol. The second-order valence-electron chi connectivity index (χ2n) is 6.95. The van der Waals surface area contributed by atoms with E-state index in [1.807, 2.05) is 36.5 Å². The number of carbonyl (C=O) groups is 1. The van der Waals surface area contributed by atoms with E-state index in [1.165, 1.54) is 6.42 Å². The minimum atomic E-state index is -1.14. The highest BCUT2D eigenvalue weighted by molar-refractivity contribution is 7.99. The maximum Gasteiger partial charge on any atom is 0.212 e. The zero-order chi connectivity index (χ0) is 20.1. The number of nitrogens with zero attached hydrogens (tertiary/aromatic N) is 6. The highest BCUT2D eigenvalue weighted by atomic mass is 32.2. The molecule has 1 aromatic carbocycles. The van der Waals surface area contributed by atoms with Crippen molar-refractivity contribution >= 4 is 23.9 Å². The van der Waals surface area contributed by atoms with E-state index >= 15 is 0 Å². The quantitative estimate of drug-likeness (QED) is 0.438. The molecule has 0 spiro atoms. The van der Waals surface area contributed by atoms with Crippen LogP contribution in [0.5, 0.6) is 0 Å². The fourth-order valence-corrected chi connectivity index (χ4v) is 4.07. The molecule has 0 atom stereocenters. The molecule has 0 amide bonds. The van der Waals surface area contributed by atoms with Gasteiger partial charge in [-0.1, -0.05) is 49.2 Å². The molecule has 2 heterocycles. The Morgan fingerprint density at radius 3 is 2.76 bits per heavy atom. The number of hydrogen-bond acceptors (Lipinski definition) is 7. The number of aliphatic carboxylic acids is 1. The molecule has 1 fully saturated rings. The monoisotopic (exact) mass is 409 g/mol. The Hall–Kier alpha value is -2.94. The SMILES string of the molecule is O=C([O-])CSc1nnc(C2CCCCC2)n1/N=C\c1cnn(-c2ccccc2)c1. The summed E-state index contributed by atoms with van der Waals surface area (Å²) in [5.74, 6) is -0.253. The minimum absolute atomic E-state index is 0.190. The zero-order valence-corrected chi connectivity index (χ0v) is 16.7. The highest BCUT2D eigenvalue weighted by Gasteiger charge is 2.23. The molecule has 0 radical (unpaired) electrons. The zero-order valence-electron chi connectivity index (χ0n) is 15.8. The summed E-state index contributed by atoms with van der Waals surface area (Å²) in [6, 6.07) is 9.82. The van der Waals surface area contributed by atoms with Gasteiger partial charge in [-0.2, -0.15) is 14.9 Å². The maximum atomic E-state index is 10.9. The van der Waals surface area contributed by atoms with E-state index in [1.54, 1.807) is 21.8 Å². The van der Waals surface area contributed by atoms with Gasteiger partial charge in [-0.3, -0.25) is 0 Å². The van der Waals surface area contributed by atoms with Crippen molar-refractivity contribution in [2.75, 3.05) is 5.75 Å². The molecule has 2 aromatic heterocycles. The fourth-order valence-electron chi connectivity index (χ4n) is 3.46. The summed E-state index contributed by atoms with van der Waals surface area (Å²) < 4.78 is 3.45. The number of para-hydroxylation sites is 1. The molecular formula is C20H21N6O2S-. The van der Waals surface area contributed by atoms with Crippen LogP contribution >= 0.6 is 11.8 Å². The first-order chi connectivity index (χ1) is 14.2.